The number of hydrogen-bond acceptors (Lipinski definition) is 7. The molecule has 1 aliphatic rings. The minimum absolute atomic E-state index is 0.0295. The van der Waals surface area contributed by atoms with Crippen LogP contribution in [0.4, 0.5) is 17.1 Å². The highest BCUT2D eigenvalue weighted by Crippen LogP contribution is 2.32. The van der Waals surface area contributed by atoms with Gasteiger partial charge in [-0.25, -0.2) is 21.6 Å². The Morgan fingerprint density at radius 1 is 0.838 bits per heavy atom. The Morgan fingerprint density at radius 2 is 1.46 bits per heavy atom. The highest BCUT2D eigenvalue weighted by Gasteiger charge is 2.27. The van der Waals surface area contributed by atoms with Gasteiger partial charge in [-0.1, -0.05) is 30.3 Å². The van der Waals surface area contributed by atoms with Crippen LogP contribution in [0.2, 0.25) is 0 Å². The van der Waals surface area contributed by atoms with Crippen LogP contribution >= 0.6 is 0 Å². The summed E-state index contributed by atoms with van der Waals surface area (Å²) in [5, 5.41) is 0. The van der Waals surface area contributed by atoms with E-state index in [1.165, 1.54) is 6.07 Å². The van der Waals surface area contributed by atoms with Gasteiger partial charge in [0.15, 0.2) is 0 Å². The molecule has 1 aliphatic heterocycles. The van der Waals surface area contributed by atoms with E-state index in [2.05, 4.69) is 14.3 Å². The number of hydrogen-bond donors (Lipinski definition) is 2. The van der Waals surface area contributed by atoms with Crippen molar-refractivity contribution in [1.82, 2.24) is 4.72 Å². The summed E-state index contributed by atoms with van der Waals surface area (Å²) < 4.78 is 61.2. The SMILES string of the molecule is COc1ccc(N2CCN(c3ccc(NS(C)(=O)=O)cc3S(=O)(=O)N[C@@H](C)c3ccccc3)CC2)cc1. The number of anilines is 3. The number of benzene rings is 3. The van der Waals surface area contributed by atoms with E-state index in [-0.39, 0.29) is 10.6 Å². The van der Waals surface area contributed by atoms with Crippen molar-refractivity contribution in [1.29, 1.82) is 0 Å². The van der Waals surface area contributed by atoms with Crippen LogP contribution in [0.15, 0.2) is 77.7 Å². The molecule has 4 rings (SSSR count). The van der Waals surface area contributed by atoms with E-state index >= 15 is 0 Å². The molecule has 0 aliphatic carbocycles. The predicted molar refractivity (Wildman–Crippen MR) is 148 cm³/mol. The number of piperazine rings is 1. The fourth-order valence-electron chi connectivity index (χ4n) is 4.37. The van der Waals surface area contributed by atoms with Gasteiger partial charge in [0.25, 0.3) is 0 Å². The van der Waals surface area contributed by atoms with Gasteiger partial charge < -0.3 is 14.5 Å². The molecule has 3 aromatic carbocycles. The number of ether oxygens (including phenoxy) is 1. The van der Waals surface area contributed by atoms with E-state index in [9.17, 15) is 16.8 Å². The summed E-state index contributed by atoms with van der Waals surface area (Å²) in [5.41, 5.74) is 2.61. The zero-order chi connectivity index (χ0) is 26.6. The fourth-order valence-corrected chi connectivity index (χ4v) is 6.41. The second-order valence-electron chi connectivity index (χ2n) is 8.98. The number of nitrogens with one attached hydrogen (secondary N) is 2. The lowest BCUT2D eigenvalue weighted by Crippen LogP contribution is -2.47. The quantitative estimate of drug-likeness (QED) is 0.425. The molecule has 0 amide bonds. The second kappa shape index (κ2) is 11.0. The first-order valence-corrected chi connectivity index (χ1v) is 15.3. The summed E-state index contributed by atoms with van der Waals surface area (Å²) >= 11 is 0. The lowest BCUT2D eigenvalue weighted by atomic mass is 10.1. The molecule has 198 valence electrons. The van der Waals surface area contributed by atoms with E-state index in [0.717, 1.165) is 23.3 Å². The lowest BCUT2D eigenvalue weighted by molar-refractivity contribution is 0.415. The van der Waals surface area contributed by atoms with Crippen LogP contribution in [0.1, 0.15) is 18.5 Å². The minimum Gasteiger partial charge on any atom is -0.497 e. The fraction of sp³-hybridized carbons (Fsp3) is 0.308. The molecule has 37 heavy (non-hydrogen) atoms. The van der Waals surface area contributed by atoms with Gasteiger partial charge in [0.2, 0.25) is 20.0 Å². The number of methoxy groups -OCH3 is 1. The molecule has 1 fully saturated rings. The third-order valence-corrected chi connectivity index (χ3v) is 8.42. The van der Waals surface area contributed by atoms with Crippen LogP contribution in [0.25, 0.3) is 0 Å². The van der Waals surface area contributed by atoms with Crippen LogP contribution in [0.5, 0.6) is 5.75 Å². The number of sulfonamides is 2. The van der Waals surface area contributed by atoms with E-state index < -0.39 is 26.1 Å². The Balaban J connectivity index is 1.60. The predicted octanol–water partition coefficient (Wildman–Crippen LogP) is 3.43. The first kappa shape index (κ1) is 26.8. The largest absolute Gasteiger partial charge is 0.497 e. The molecule has 1 saturated heterocycles. The normalized spacial score (nSPS) is 15.3. The first-order valence-electron chi connectivity index (χ1n) is 11.9. The minimum atomic E-state index is -3.99. The zero-order valence-electron chi connectivity index (χ0n) is 21.1. The Labute approximate surface area is 219 Å². The Kier molecular flexibility index (Phi) is 7.96. The molecule has 9 nitrogen and oxygen atoms in total. The van der Waals surface area contributed by atoms with Crippen molar-refractivity contribution >= 4 is 37.1 Å². The zero-order valence-corrected chi connectivity index (χ0v) is 22.7. The van der Waals surface area contributed by atoms with Crippen molar-refractivity contribution in [2.45, 2.75) is 17.9 Å². The topological polar surface area (TPSA) is 108 Å². The Hall–Kier alpha value is -3.28. The molecular weight excluding hydrogens is 512 g/mol. The third kappa shape index (κ3) is 6.73. The molecule has 0 spiro atoms. The van der Waals surface area contributed by atoms with Crippen LogP contribution in [0, 0.1) is 0 Å². The van der Waals surface area contributed by atoms with Crippen LogP contribution in [0.3, 0.4) is 0 Å². The molecular formula is C26H32N4O5S2. The molecule has 2 N–H and O–H groups in total. The van der Waals surface area contributed by atoms with Gasteiger partial charge in [0.1, 0.15) is 10.6 Å². The molecule has 11 heteroatoms. The second-order valence-corrected chi connectivity index (χ2v) is 12.4. The monoisotopic (exact) mass is 544 g/mol. The summed E-state index contributed by atoms with van der Waals surface area (Å²) in [4.78, 5) is 4.28. The van der Waals surface area contributed by atoms with Crippen LogP contribution < -0.4 is 24.0 Å². The van der Waals surface area contributed by atoms with E-state index in [1.54, 1.807) is 26.2 Å². The smallest absolute Gasteiger partial charge is 0.243 e. The van der Waals surface area contributed by atoms with Crippen molar-refractivity contribution < 1.29 is 21.6 Å². The molecule has 0 bridgehead atoms. The van der Waals surface area contributed by atoms with Crippen molar-refractivity contribution in [3.05, 3.63) is 78.4 Å². The summed E-state index contributed by atoms with van der Waals surface area (Å²) in [6.45, 7) is 4.37. The molecule has 0 unspecified atom stereocenters. The maximum atomic E-state index is 13.6. The van der Waals surface area contributed by atoms with Gasteiger partial charge >= 0.3 is 0 Å². The van der Waals surface area contributed by atoms with E-state index in [4.69, 9.17) is 4.74 Å². The van der Waals surface area contributed by atoms with E-state index in [0.29, 0.717) is 31.9 Å². The third-order valence-electron chi connectivity index (χ3n) is 6.24. The molecule has 3 aromatic rings. The van der Waals surface area contributed by atoms with Gasteiger partial charge in [-0.05, 0) is 55.0 Å². The van der Waals surface area contributed by atoms with Gasteiger partial charge in [0.05, 0.1) is 19.1 Å². The molecule has 0 aromatic heterocycles. The maximum absolute atomic E-state index is 13.6. The first-order chi connectivity index (χ1) is 17.6. The van der Waals surface area contributed by atoms with Gasteiger partial charge in [-0.2, -0.15) is 0 Å². The average Bonchev–Trinajstić information content (AvgIpc) is 2.88. The molecule has 1 heterocycles. The van der Waals surface area contributed by atoms with Gasteiger partial charge in [-0.3, -0.25) is 4.72 Å². The number of rotatable bonds is 9. The van der Waals surface area contributed by atoms with Gasteiger partial charge in [-0.15, -0.1) is 0 Å². The van der Waals surface area contributed by atoms with Gasteiger partial charge in [0, 0.05) is 43.6 Å². The van der Waals surface area contributed by atoms with Crippen molar-refractivity contribution in [2.24, 2.45) is 0 Å². The highest BCUT2D eigenvalue weighted by atomic mass is 32.2. The highest BCUT2D eigenvalue weighted by molar-refractivity contribution is 7.92. The standard InChI is InChI=1S/C26H32N4O5S2/c1-20(21-7-5-4-6-8-21)27-37(33,34)26-19-22(28-36(3,31)32)9-14-25(26)30-17-15-29(16-18-30)23-10-12-24(35-2)13-11-23/h4-14,19-20,27-28H,15-18H2,1-3H3/t20-/m0/s1. The lowest BCUT2D eigenvalue weighted by Gasteiger charge is -2.38. The number of nitrogens with zero attached hydrogens (tertiary/aromatic N) is 2. The van der Waals surface area contributed by atoms with Crippen LogP contribution in [-0.2, 0) is 20.0 Å². The average molecular weight is 545 g/mol. The molecule has 0 saturated carbocycles. The summed E-state index contributed by atoms with van der Waals surface area (Å²) in [7, 11) is -5.94. The summed E-state index contributed by atoms with van der Waals surface area (Å²) in [6.07, 6.45) is 1.03. The van der Waals surface area contributed by atoms with Crippen molar-refractivity contribution in [2.75, 3.05) is 54.1 Å². The maximum Gasteiger partial charge on any atom is 0.243 e. The summed E-state index contributed by atoms with van der Waals surface area (Å²) in [5.74, 6) is 0.789. The molecule has 0 radical (unpaired) electrons. The van der Waals surface area contributed by atoms with Crippen LogP contribution in [-0.4, -0.2) is 56.4 Å². The Morgan fingerprint density at radius 3 is 2.05 bits per heavy atom. The summed E-state index contributed by atoms with van der Waals surface area (Å²) in [6, 6.07) is 21.3. The van der Waals surface area contributed by atoms with Crippen molar-refractivity contribution in [3.8, 4) is 5.75 Å². The molecule has 1 atom stereocenters. The van der Waals surface area contributed by atoms with E-state index in [1.807, 2.05) is 59.5 Å². The van der Waals surface area contributed by atoms with Crippen molar-refractivity contribution in [3.63, 3.8) is 0 Å². The Bertz CT molecular complexity index is 1420.